The second-order valence-corrected chi connectivity index (χ2v) is 8.43. The van der Waals surface area contributed by atoms with Crippen molar-refractivity contribution in [1.82, 2.24) is 4.98 Å². The predicted molar refractivity (Wildman–Crippen MR) is 133 cm³/mol. The number of aromatic nitrogens is 1. The molecule has 0 unspecified atom stereocenters. The maximum Gasteiger partial charge on any atom is 0.296 e. The summed E-state index contributed by atoms with van der Waals surface area (Å²) in [6, 6.07) is 26.8. The predicted octanol–water partition coefficient (Wildman–Crippen LogP) is 6.04. The number of para-hydroxylation sites is 2. The Bertz CT molecular complexity index is 1630. The van der Waals surface area contributed by atoms with Crippen LogP contribution in [0.25, 0.3) is 11.0 Å². The average Bonchev–Trinajstić information content (AvgIpc) is 3.18. The molecule has 6 nitrogen and oxygen atoms in total. The van der Waals surface area contributed by atoms with Crippen molar-refractivity contribution in [1.29, 1.82) is 0 Å². The van der Waals surface area contributed by atoms with E-state index in [-0.39, 0.29) is 11.2 Å². The topological polar surface area (TPSA) is 72.6 Å². The summed E-state index contributed by atoms with van der Waals surface area (Å²) in [4.78, 5) is 33.3. The standard InChI is InChI=1S/C29H20N2O4/c1-18-14-15-24(30-17-18)31-26(19-8-7-11-21(16-19)34-20-9-3-2-4-10-20)25-27(32)22-12-5-6-13-23(22)35-28(25)29(31)33/h2-17,26H,1H3/t26-/m0/s1. The van der Waals surface area contributed by atoms with Crippen molar-refractivity contribution in [2.75, 3.05) is 4.90 Å². The van der Waals surface area contributed by atoms with Gasteiger partial charge in [0, 0.05) is 6.20 Å². The number of ether oxygens (including phenoxy) is 1. The highest BCUT2D eigenvalue weighted by Crippen LogP contribution is 2.41. The smallest absolute Gasteiger partial charge is 0.296 e. The van der Waals surface area contributed by atoms with Crippen LogP contribution >= 0.6 is 0 Å². The SMILES string of the molecule is Cc1ccc(N2C(=O)c3oc4ccccc4c(=O)c3[C@@H]2c2cccc(Oc3ccccc3)c2)nc1. The molecule has 1 amide bonds. The van der Waals surface area contributed by atoms with Gasteiger partial charge in [-0.2, -0.15) is 0 Å². The molecule has 0 radical (unpaired) electrons. The summed E-state index contributed by atoms with van der Waals surface area (Å²) in [6.45, 7) is 1.93. The monoisotopic (exact) mass is 460 g/mol. The van der Waals surface area contributed by atoms with E-state index < -0.39 is 11.9 Å². The molecule has 1 aliphatic rings. The third-order valence-electron chi connectivity index (χ3n) is 6.07. The number of amides is 1. The van der Waals surface area contributed by atoms with Gasteiger partial charge in [0.15, 0.2) is 5.43 Å². The molecule has 0 spiro atoms. The summed E-state index contributed by atoms with van der Waals surface area (Å²) in [5, 5.41) is 0.430. The van der Waals surface area contributed by atoms with E-state index in [0.717, 1.165) is 11.1 Å². The van der Waals surface area contributed by atoms with Crippen LogP contribution < -0.4 is 15.1 Å². The summed E-state index contributed by atoms with van der Waals surface area (Å²) >= 11 is 0. The Morgan fingerprint density at radius 2 is 1.63 bits per heavy atom. The van der Waals surface area contributed by atoms with Gasteiger partial charge in [-0.3, -0.25) is 14.5 Å². The van der Waals surface area contributed by atoms with Gasteiger partial charge in [0.2, 0.25) is 5.76 Å². The number of fused-ring (bicyclic) bond motifs is 2. The first-order valence-corrected chi connectivity index (χ1v) is 11.2. The molecule has 1 aliphatic heterocycles. The molecule has 3 heterocycles. The van der Waals surface area contributed by atoms with Crippen molar-refractivity contribution >= 4 is 22.7 Å². The van der Waals surface area contributed by atoms with E-state index in [1.807, 2.05) is 67.6 Å². The van der Waals surface area contributed by atoms with Gasteiger partial charge in [0.25, 0.3) is 5.91 Å². The molecule has 0 N–H and O–H groups in total. The molecule has 3 aromatic carbocycles. The van der Waals surface area contributed by atoms with Crippen LogP contribution in [0.15, 0.2) is 106 Å². The fourth-order valence-corrected chi connectivity index (χ4v) is 4.45. The van der Waals surface area contributed by atoms with Gasteiger partial charge in [0.05, 0.1) is 17.0 Å². The fourth-order valence-electron chi connectivity index (χ4n) is 4.45. The molecule has 1 atom stereocenters. The molecule has 170 valence electrons. The Morgan fingerprint density at radius 1 is 0.857 bits per heavy atom. The highest BCUT2D eigenvalue weighted by molar-refractivity contribution is 6.10. The van der Waals surface area contributed by atoms with E-state index >= 15 is 0 Å². The van der Waals surface area contributed by atoms with Crippen LogP contribution in [0.1, 0.15) is 33.3 Å². The third-order valence-corrected chi connectivity index (χ3v) is 6.07. The van der Waals surface area contributed by atoms with Crippen LogP contribution in [-0.4, -0.2) is 10.9 Å². The summed E-state index contributed by atoms with van der Waals surface area (Å²) in [5.74, 6) is 1.36. The number of hydrogen-bond acceptors (Lipinski definition) is 5. The summed E-state index contributed by atoms with van der Waals surface area (Å²) in [5.41, 5.74) is 2.13. The third kappa shape index (κ3) is 3.56. The number of benzene rings is 3. The molecule has 5 aromatic rings. The van der Waals surface area contributed by atoms with E-state index in [9.17, 15) is 9.59 Å². The Kier molecular flexibility index (Phi) is 4.92. The molecule has 0 bridgehead atoms. The number of carbonyl (C=O) groups is 1. The lowest BCUT2D eigenvalue weighted by atomic mass is 9.98. The number of anilines is 1. The molecule has 0 saturated heterocycles. The molecular weight excluding hydrogens is 440 g/mol. The second kappa shape index (κ2) is 8.25. The van der Waals surface area contributed by atoms with Crippen LogP contribution in [0.2, 0.25) is 0 Å². The molecule has 0 aliphatic carbocycles. The number of pyridine rings is 1. The molecule has 6 rings (SSSR count). The van der Waals surface area contributed by atoms with Crippen molar-refractivity contribution in [2.24, 2.45) is 0 Å². The Labute approximate surface area is 201 Å². The lowest BCUT2D eigenvalue weighted by molar-refractivity contribution is 0.0970. The largest absolute Gasteiger partial charge is 0.457 e. The lowest BCUT2D eigenvalue weighted by Crippen LogP contribution is -2.30. The minimum absolute atomic E-state index is 0.0375. The van der Waals surface area contributed by atoms with Crippen LogP contribution in [-0.2, 0) is 0 Å². The first-order valence-electron chi connectivity index (χ1n) is 11.2. The van der Waals surface area contributed by atoms with Crippen molar-refractivity contribution in [3.05, 3.63) is 130 Å². The molecule has 6 heteroatoms. The first-order chi connectivity index (χ1) is 17.1. The van der Waals surface area contributed by atoms with Gasteiger partial charge in [0.1, 0.15) is 22.9 Å². The van der Waals surface area contributed by atoms with Gasteiger partial charge >= 0.3 is 0 Å². The van der Waals surface area contributed by atoms with E-state index in [2.05, 4.69) is 4.98 Å². The minimum Gasteiger partial charge on any atom is -0.457 e. The number of rotatable bonds is 4. The number of nitrogens with zero attached hydrogens (tertiary/aromatic N) is 2. The summed E-state index contributed by atoms with van der Waals surface area (Å²) in [6.07, 6.45) is 1.70. The Morgan fingerprint density at radius 3 is 2.43 bits per heavy atom. The van der Waals surface area contributed by atoms with Crippen LogP contribution in [0.3, 0.4) is 0 Å². The van der Waals surface area contributed by atoms with E-state index in [0.29, 0.717) is 33.8 Å². The van der Waals surface area contributed by atoms with Crippen molar-refractivity contribution < 1.29 is 13.9 Å². The van der Waals surface area contributed by atoms with E-state index in [1.54, 1.807) is 36.5 Å². The minimum atomic E-state index is -0.715. The van der Waals surface area contributed by atoms with E-state index in [1.165, 1.54) is 4.90 Å². The summed E-state index contributed by atoms with van der Waals surface area (Å²) < 4.78 is 12.0. The highest BCUT2D eigenvalue weighted by Gasteiger charge is 2.44. The number of aryl methyl sites for hydroxylation is 1. The quantitative estimate of drug-likeness (QED) is 0.327. The zero-order valence-electron chi connectivity index (χ0n) is 18.8. The van der Waals surface area contributed by atoms with Crippen LogP contribution in [0.5, 0.6) is 11.5 Å². The maximum atomic E-state index is 13.7. The first kappa shape index (κ1) is 20.9. The highest BCUT2D eigenvalue weighted by atomic mass is 16.5. The Balaban J connectivity index is 1.55. The Hall–Kier alpha value is -4.71. The normalized spacial score (nSPS) is 14.8. The molecular formula is C29H20N2O4. The molecule has 0 saturated carbocycles. The zero-order valence-corrected chi connectivity index (χ0v) is 18.8. The van der Waals surface area contributed by atoms with Crippen molar-refractivity contribution in [3.63, 3.8) is 0 Å². The second-order valence-electron chi connectivity index (χ2n) is 8.43. The summed E-state index contributed by atoms with van der Waals surface area (Å²) in [7, 11) is 0. The lowest BCUT2D eigenvalue weighted by Gasteiger charge is -2.24. The van der Waals surface area contributed by atoms with Gasteiger partial charge < -0.3 is 9.15 Å². The fraction of sp³-hybridized carbons (Fsp3) is 0.0690. The zero-order chi connectivity index (χ0) is 23.9. The van der Waals surface area contributed by atoms with Crippen molar-refractivity contribution in [2.45, 2.75) is 13.0 Å². The maximum absolute atomic E-state index is 13.7. The van der Waals surface area contributed by atoms with Crippen molar-refractivity contribution in [3.8, 4) is 11.5 Å². The number of carbonyl (C=O) groups excluding carboxylic acids is 1. The van der Waals surface area contributed by atoms with Gasteiger partial charge in [-0.15, -0.1) is 0 Å². The molecule has 0 fully saturated rings. The van der Waals surface area contributed by atoms with Crippen LogP contribution in [0.4, 0.5) is 5.82 Å². The van der Waals surface area contributed by atoms with Gasteiger partial charge in [-0.25, -0.2) is 4.98 Å². The van der Waals surface area contributed by atoms with E-state index in [4.69, 9.17) is 9.15 Å². The van der Waals surface area contributed by atoms with Gasteiger partial charge in [-0.05, 0) is 60.5 Å². The average molecular weight is 460 g/mol. The molecule has 35 heavy (non-hydrogen) atoms. The van der Waals surface area contributed by atoms with Crippen LogP contribution in [0, 0.1) is 6.92 Å². The number of hydrogen-bond donors (Lipinski definition) is 0. The molecule has 2 aromatic heterocycles. The van der Waals surface area contributed by atoms with Gasteiger partial charge in [-0.1, -0.05) is 48.5 Å².